The second-order valence-corrected chi connectivity index (χ2v) is 10.2. The van der Waals surface area contributed by atoms with Crippen molar-refractivity contribution < 1.29 is 19.4 Å². The zero-order chi connectivity index (χ0) is 25.9. The molecule has 3 rings (SSSR count). The highest BCUT2D eigenvalue weighted by molar-refractivity contribution is 5.92. The normalized spacial score (nSPS) is 11.9. The van der Waals surface area contributed by atoms with E-state index in [1.807, 2.05) is 36.5 Å². The lowest BCUT2D eigenvalue weighted by Gasteiger charge is -2.27. The number of nitrogens with two attached hydrogens (primary N) is 1. The molecule has 0 bridgehead atoms. The Bertz CT molecular complexity index is 1210. The molecular formula is C28H37N3O4. The highest BCUT2D eigenvalue weighted by atomic mass is 16.5. The van der Waals surface area contributed by atoms with E-state index in [0.29, 0.717) is 24.8 Å². The quantitative estimate of drug-likeness (QED) is 0.384. The number of rotatable bonds is 10. The van der Waals surface area contributed by atoms with Crippen molar-refractivity contribution in [2.24, 2.45) is 11.7 Å². The molecule has 0 saturated carbocycles. The average Bonchev–Trinajstić information content (AvgIpc) is 3.15. The van der Waals surface area contributed by atoms with Gasteiger partial charge in [0.25, 0.3) is 0 Å². The maximum absolute atomic E-state index is 12.5. The summed E-state index contributed by atoms with van der Waals surface area (Å²) in [5.41, 5.74) is 8.79. The van der Waals surface area contributed by atoms with Gasteiger partial charge in [0.1, 0.15) is 5.75 Å². The number of primary amides is 1. The molecule has 7 heteroatoms. The summed E-state index contributed by atoms with van der Waals surface area (Å²) < 4.78 is 7.72. The molecule has 0 radical (unpaired) electrons. The molecule has 0 aliphatic heterocycles. The number of carboxylic acid groups (broad SMARTS) is 1. The molecule has 1 aromatic heterocycles. The fraction of sp³-hybridized carbons (Fsp3) is 0.429. The van der Waals surface area contributed by atoms with Gasteiger partial charge in [0.2, 0.25) is 0 Å². The Hall–Kier alpha value is -3.48. The molecule has 0 fully saturated rings. The van der Waals surface area contributed by atoms with E-state index in [9.17, 15) is 14.7 Å². The van der Waals surface area contributed by atoms with Gasteiger partial charge >= 0.3 is 12.0 Å². The highest BCUT2D eigenvalue weighted by Gasteiger charge is 2.29. The third-order valence-electron chi connectivity index (χ3n) is 6.13. The molecule has 7 nitrogen and oxygen atoms in total. The number of carbonyl (C=O) groups is 2. The van der Waals surface area contributed by atoms with Gasteiger partial charge in [0.05, 0.1) is 0 Å². The summed E-state index contributed by atoms with van der Waals surface area (Å²) in [6.45, 7) is 12.7. The van der Waals surface area contributed by atoms with Gasteiger partial charge in [0, 0.05) is 35.9 Å². The van der Waals surface area contributed by atoms with Crippen molar-refractivity contribution in [2.75, 3.05) is 11.4 Å². The number of aromatic nitrogens is 1. The summed E-state index contributed by atoms with van der Waals surface area (Å²) in [4.78, 5) is 25.6. The number of carbonyl (C=O) groups excluding carboxylic acids is 1. The van der Waals surface area contributed by atoms with Gasteiger partial charge in [-0.05, 0) is 73.6 Å². The van der Waals surface area contributed by atoms with Crippen molar-refractivity contribution in [1.29, 1.82) is 0 Å². The summed E-state index contributed by atoms with van der Waals surface area (Å²) in [6.07, 6.45) is 2.90. The summed E-state index contributed by atoms with van der Waals surface area (Å²) in [6, 6.07) is 13.1. The van der Waals surface area contributed by atoms with Crippen LogP contribution >= 0.6 is 0 Å². The van der Waals surface area contributed by atoms with Gasteiger partial charge in [-0.25, -0.2) is 9.59 Å². The molecule has 3 aromatic rings. The van der Waals surface area contributed by atoms with Crippen LogP contribution in [0.25, 0.3) is 10.9 Å². The van der Waals surface area contributed by atoms with Crippen LogP contribution < -0.4 is 15.4 Å². The molecule has 3 N–H and O–H groups in total. The van der Waals surface area contributed by atoms with Gasteiger partial charge in [-0.2, -0.15) is 0 Å². The van der Waals surface area contributed by atoms with Crippen molar-refractivity contribution >= 4 is 28.6 Å². The standard InChI is InChI=1S/C28H37N3O4/c1-18(2)16-21-8-7-9-24(25(21)19(3)4)31(27(29)34)15-14-30-13-12-20-17-22(10-11-23(20)30)35-28(5,6)26(32)33/h7-13,17-19H,14-16H2,1-6H3,(H2,29,34)(H,32,33). The summed E-state index contributed by atoms with van der Waals surface area (Å²) in [7, 11) is 0. The predicted molar refractivity (Wildman–Crippen MR) is 140 cm³/mol. The third-order valence-corrected chi connectivity index (χ3v) is 6.13. The minimum Gasteiger partial charge on any atom is -0.478 e. The van der Waals surface area contributed by atoms with E-state index >= 15 is 0 Å². The minimum absolute atomic E-state index is 0.252. The summed E-state index contributed by atoms with van der Waals surface area (Å²) in [5.74, 6) is 0.221. The zero-order valence-corrected chi connectivity index (χ0v) is 21.5. The number of hydrogen-bond acceptors (Lipinski definition) is 3. The number of amides is 2. The molecular weight excluding hydrogens is 442 g/mol. The van der Waals surface area contributed by atoms with E-state index in [0.717, 1.165) is 23.0 Å². The van der Waals surface area contributed by atoms with E-state index in [-0.39, 0.29) is 5.92 Å². The zero-order valence-electron chi connectivity index (χ0n) is 21.5. The van der Waals surface area contributed by atoms with Gasteiger partial charge in [-0.1, -0.05) is 39.8 Å². The highest BCUT2D eigenvalue weighted by Crippen LogP contribution is 2.33. The first-order valence-corrected chi connectivity index (χ1v) is 12.1. The molecule has 1 heterocycles. The molecule has 0 saturated heterocycles. The third kappa shape index (κ3) is 5.96. The van der Waals surface area contributed by atoms with Gasteiger partial charge < -0.3 is 20.1 Å². The van der Waals surface area contributed by atoms with Crippen LogP contribution in [-0.4, -0.2) is 33.8 Å². The second kappa shape index (κ2) is 10.4. The number of aliphatic carboxylic acids is 1. The maximum atomic E-state index is 12.5. The van der Waals surface area contributed by atoms with Gasteiger partial charge in [-0.15, -0.1) is 0 Å². The van der Waals surface area contributed by atoms with Crippen LogP contribution in [-0.2, 0) is 17.8 Å². The van der Waals surface area contributed by atoms with Crippen molar-refractivity contribution in [3.8, 4) is 5.75 Å². The molecule has 2 amide bonds. The van der Waals surface area contributed by atoms with Crippen LogP contribution in [0.15, 0.2) is 48.7 Å². The first-order chi connectivity index (χ1) is 16.4. The van der Waals surface area contributed by atoms with Crippen molar-refractivity contribution in [1.82, 2.24) is 4.57 Å². The Morgan fingerprint density at radius 1 is 1.11 bits per heavy atom. The largest absolute Gasteiger partial charge is 0.478 e. The lowest BCUT2D eigenvalue weighted by molar-refractivity contribution is -0.152. The summed E-state index contributed by atoms with van der Waals surface area (Å²) >= 11 is 0. The van der Waals surface area contributed by atoms with Crippen LogP contribution in [0.1, 0.15) is 58.6 Å². The van der Waals surface area contributed by atoms with E-state index in [4.69, 9.17) is 10.5 Å². The number of ether oxygens (including phenoxy) is 1. The van der Waals surface area contributed by atoms with E-state index in [1.54, 1.807) is 11.0 Å². The monoisotopic (exact) mass is 479 g/mol. The Morgan fingerprint density at radius 2 is 1.83 bits per heavy atom. The van der Waals surface area contributed by atoms with Gasteiger partial charge in [-0.3, -0.25) is 4.90 Å². The van der Waals surface area contributed by atoms with Gasteiger partial charge in [0.15, 0.2) is 5.60 Å². The van der Waals surface area contributed by atoms with E-state index < -0.39 is 17.6 Å². The smallest absolute Gasteiger partial charge is 0.347 e. The van der Waals surface area contributed by atoms with Crippen LogP contribution in [0.4, 0.5) is 10.5 Å². The number of hydrogen-bond donors (Lipinski definition) is 2. The predicted octanol–water partition coefficient (Wildman–Crippen LogP) is 5.79. The van der Waals surface area contributed by atoms with Crippen LogP contribution in [0, 0.1) is 5.92 Å². The Labute approximate surface area is 207 Å². The molecule has 35 heavy (non-hydrogen) atoms. The first-order valence-electron chi connectivity index (χ1n) is 12.1. The lowest BCUT2D eigenvalue weighted by atomic mass is 9.90. The molecule has 188 valence electrons. The summed E-state index contributed by atoms with van der Waals surface area (Å²) in [5, 5.41) is 10.2. The molecule has 0 unspecified atom stereocenters. The van der Waals surface area contributed by atoms with Crippen LogP contribution in [0.3, 0.4) is 0 Å². The van der Waals surface area contributed by atoms with Crippen molar-refractivity contribution in [2.45, 2.75) is 66.0 Å². The molecule has 0 aliphatic carbocycles. The molecule has 0 spiro atoms. The number of urea groups is 1. The lowest BCUT2D eigenvalue weighted by Crippen LogP contribution is -2.39. The molecule has 2 aromatic carbocycles. The average molecular weight is 480 g/mol. The minimum atomic E-state index is -1.32. The SMILES string of the molecule is CC(C)Cc1cccc(N(CCn2ccc3cc(OC(C)(C)C(=O)O)ccc32)C(N)=O)c1C(C)C. The number of anilines is 1. The second-order valence-electron chi connectivity index (χ2n) is 10.2. The number of benzene rings is 2. The number of nitrogens with zero attached hydrogens (tertiary/aromatic N) is 2. The van der Waals surface area contributed by atoms with Crippen LogP contribution in [0.2, 0.25) is 0 Å². The Balaban J connectivity index is 1.87. The van der Waals surface area contributed by atoms with Crippen molar-refractivity contribution in [3.63, 3.8) is 0 Å². The van der Waals surface area contributed by atoms with Crippen molar-refractivity contribution in [3.05, 3.63) is 59.8 Å². The van der Waals surface area contributed by atoms with Crippen LogP contribution in [0.5, 0.6) is 5.75 Å². The Kier molecular flexibility index (Phi) is 7.78. The Morgan fingerprint density at radius 3 is 2.43 bits per heavy atom. The van der Waals surface area contributed by atoms with E-state index in [1.165, 1.54) is 25.0 Å². The number of fused-ring (bicyclic) bond motifs is 1. The van der Waals surface area contributed by atoms with E-state index in [2.05, 4.69) is 38.3 Å². The molecule has 0 atom stereocenters. The first kappa shape index (κ1) is 26.1. The molecule has 0 aliphatic rings. The maximum Gasteiger partial charge on any atom is 0.347 e. The number of carboxylic acids is 1. The fourth-order valence-corrected chi connectivity index (χ4v) is 4.45. The topological polar surface area (TPSA) is 97.8 Å². The fourth-order valence-electron chi connectivity index (χ4n) is 4.45.